The molecule has 0 spiro atoms. The molecule has 3 fully saturated rings. The van der Waals surface area contributed by atoms with Crippen molar-refractivity contribution in [3.8, 4) is 0 Å². The Kier molecular flexibility index (Phi) is 9.10. The van der Waals surface area contributed by atoms with Crippen molar-refractivity contribution >= 4 is 14.3 Å². The van der Waals surface area contributed by atoms with Crippen LogP contribution in [0.25, 0.3) is 0 Å². The highest BCUT2D eigenvalue weighted by molar-refractivity contribution is 6.74. The van der Waals surface area contributed by atoms with Crippen molar-refractivity contribution in [2.75, 3.05) is 6.61 Å². The fourth-order valence-electron chi connectivity index (χ4n) is 9.39. The number of hydrogen-bond donors (Lipinski definition) is 0. The third-order valence-electron chi connectivity index (χ3n) is 12.8. The van der Waals surface area contributed by atoms with Gasteiger partial charge < -0.3 is 9.16 Å². The van der Waals surface area contributed by atoms with Gasteiger partial charge in [0.2, 0.25) is 0 Å². The number of hydrogen-bond acceptors (Lipinski definition) is 3. The number of carbonyl (C=O) groups excluding carboxylic acids is 1. The standard InChI is InChI=1S/C35H60O3Si/c1-11-37-32(36)25(3)14-12-13-24(2)29-17-18-30-28-16-15-26-23-27(38-39(9,10)33(4,5)6)19-21-34(26,7)31(28)20-22-35(29,30)8/h14-15,24,27-31H,11-13,16-23H2,1-10H3/b25-14-/t24-,27+,28+,29-,30+,31+,34+,35-/m1/s1. The van der Waals surface area contributed by atoms with E-state index in [4.69, 9.17) is 9.16 Å². The molecule has 8 atom stereocenters. The van der Waals surface area contributed by atoms with Crippen molar-refractivity contribution in [3.05, 3.63) is 23.3 Å². The first-order valence-electron chi connectivity index (χ1n) is 16.3. The van der Waals surface area contributed by atoms with Crippen LogP contribution in [0.2, 0.25) is 18.1 Å². The van der Waals surface area contributed by atoms with E-state index in [0.29, 0.717) is 29.5 Å². The number of ether oxygens (including phenoxy) is 1. The zero-order valence-corrected chi connectivity index (χ0v) is 28.1. The second-order valence-corrected chi connectivity index (χ2v) is 20.6. The summed E-state index contributed by atoms with van der Waals surface area (Å²) in [5.41, 5.74) is 3.37. The minimum Gasteiger partial charge on any atom is -0.463 e. The number of fused-ring (bicyclic) bond motifs is 5. The largest absolute Gasteiger partial charge is 0.463 e. The maximum atomic E-state index is 12.0. The van der Waals surface area contributed by atoms with Crippen LogP contribution in [0.5, 0.6) is 0 Å². The van der Waals surface area contributed by atoms with Crippen LogP contribution in [0.1, 0.15) is 120 Å². The fraction of sp³-hybridized carbons (Fsp3) is 0.857. The molecule has 4 aliphatic carbocycles. The first-order chi connectivity index (χ1) is 18.1. The second kappa shape index (κ2) is 11.4. The fourth-order valence-corrected chi connectivity index (χ4v) is 10.8. The van der Waals surface area contributed by atoms with Gasteiger partial charge in [-0.25, -0.2) is 4.79 Å². The molecule has 0 radical (unpaired) electrons. The van der Waals surface area contributed by atoms with Gasteiger partial charge in [0.25, 0.3) is 0 Å². The molecule has 0 aromatic heterocycles. The minimum absolute atomic E-state index is 0.157. The lowest BCUT2D eigenvalue weighted by molar-refractivity contribution is -0.138. The van der Waals surface area contributed by atoms with E-state index in [9.17, 15) is 4.79 Å². The highest BCUT2D eigenvalue weighted by Crippen LogP contribution is 2.67. The smallest absolute Gasteiger partial charge is 0.333 e. The molecule has 0 amide bonds. The minimum atomic E-state index is -1.73. The van der Waals surface area contributed by atoms with Gasteiger partial charge in [0.15, 0.2) is 8.32 Å². The summed E-state index contributed by atoms with van der Waals surface area (Å²) in [7, 11) is -1.73. The molecular formula is C35H60O3Si. The van der Waals surface area contributed by atoms with E-state index in [2.05, 4.69) is 66.8 Å². The maximum Gasteiger partial charge on any atom is 0.333 e. The van der Waals surface area contributed by atoms with Crippen molar-refractivity contribution in [1.29, 1.82) is 0 Å². The number of rotatable bonds is 8. The highest BCUT2D eigenvalue weighted by Gasteiger charge is 2.59. The van der Waals surface area contributed by atoms with Gasteiger partial charge in [-0.15, -0.1) is 0 Å². The molecule has 4 aliphatic rings. The van der Waals surface area contributed by atoms with Crippen LogP contribution >= 0.6 is 0 Å². The molecular weight excluding hydrogens is 496 g/mol. The van der Waals surface area contributed by atoms with Gasteiger partial charge in [0.05, 0.1) is 6.61 Å². The highest BCUT2D eigenvalue weighted by atomic mass is 28.4. The van der Waals surface area contributed by atoms with Crippen LogP contribution in [-0.4, -0.2) is 27.0 Å². The summed E-state index contributed by atoms with van der Waals surface area (Å²) in [6, 6.07) is 0. The molecule has 0 unspecified atom stereocenters. The van der Waals surface area contributed by atoms with E-state index < -0.39 is 8.32 Å². The molecule has 0 aliphatic heterocycles. The number of carbonyl (C=O) groups is 1. The van der Waals surface area contributed by atoms with Crippen LogP contribution in [0.15, 0.2) is 23.3 Å². The van der Waals surface area contributed by atoms with Gasteiger partial charge in [-0.2, -0.15) is 0 Å². The SMILES string of the molecule is CCOC(=O)/C(C)=C\CC[C@@H](C)[C@H]1CC[C@H]2[C@@H]3CC=C4C[C@@H](O[Si](C)(C)C(C)(C)C)CC[C@]4(C)[C@H]3CC[C@]12C. The first kappa shape index (κ1) is 31.1. The monoisotopic (exact) mass is 556 g/mol. The molecule has 4 heteroatoms. The van der Waals surface area contributed by atoms with Crippen LogP contribution in [0.3, 0.4) is 0 Å². The summed E-state index contributed by atoms with van der Waals surface area (Å²) < 4.78 is 12.1. The Morgan fingerprint density at radius 1 is 1.13 bits per heavy atom. The Balaban J connectivity index is 1.42. The summed E-state index contributed by atoms with van der Waals surface area (Å²) in [5.74, 6) is 3.95. The molecule has 0 aromatic rings. The van der Waals surface area contributed by atoms with Crippen LogP contribution in [-0.2, 0) is 14.0 Å². The van der Waals surface area contributed by atoms with Crippen molar-refractivity contribution in [1.82, 2.24) is 0 Å². The normalized spacial score (nSPS) is 37.8. The van der Waals surface area contributed by atoms with Crippen molar-refractivity contribution in [2.45, 2.75) is 144 Å². The van der Waals surface area contributed by atoms with Crippen molar-refractivity contribution in [2.24, 2.45) is 40.4 Å². The summed E-state index contributed by atoms with van der Waals surface area (Å²) in [5, 5.41) is 0.278. The number of allylic oxidation sites excluding steroid dienone is 2. The van der Waals surface area contributed by atoms with E-state index in [0.717, 1.165) is 35.7 Å². The Hall–Kier alpha value is -0.873. The molecule has 0 aromatic carbocycles. The van der Waals surface area contributed by atoms with Gasteiger partial charge in [0.1, 0.15) is 0 Å². The number of esters is 1. The predicted octanol–water partition coefficient (Wildman–Crippen LogP) is 9.88. The molecule has 3 nitrogen and oxygen atoms in total. The second-order valence-electron chi connectivity index (χ2n) is 15.9. The zero-order chi connectivity index (χ0) is 28.8. The Bertz CT molecular complexity index is 957. The summed E-state index contributed by atoms with van der Waals surface area (Å²) >= 11 is 0. The molecule has 39 heavy (non-hydrogen) atoms. The Labute approximate surface area is 242 Å². The van der Waals surface area contributed by atoms with Crippen molar-refractivity contribution in [3.63, 3.8) is 0 Å². The predicted molar refractivity (Wildman–Crippen MR) is 166 cm³/mol. The molecule has 0 saturated heterocycles. The van der Waals surface area contributed by atoms with Crippen LogP contribution < -0.4 is 0 Å². The van der Waals surface area contributed by atoms with Gasteiger partial charge in [-0.05, 0) is 137 Å². The summed E-state index contributed by atoms with van der Waals surface area (Å²) in [4.78, 5) is 12.0. The topological polar surface area (TPSA) is 35.5 Å². The molecule has 0 bridgehead atoms. The lowest BCUT2D eigenvalue weighted by Gasteiger charge is -2.59. The summed E-state index contributed by atoms with van der Waals surface area (Å²) in [6.07, 6.45) is 18.0. The maximum absolute atomic E-state index is 12.0. The Morgan fingerprint density at radius 2 is 1.85 bits per heavy atom. The summed E-state index contributed by atoms with van der Waals surface area (Å²) in [6.45, 7) is 23.9. The molecule has 222 valence electrons. The van der Waals surface area contributed by atoms with Crippen molar-refractivity contribution < 1.29 is 14.0 Å². The zero-order valence-electron chi connectivity index (χ0n) is 27.1. The van der Waals surface area contributed by atoms with Gasteiger partial charge in [-0.1, -0.05) is 59.3 Å². The van der Waals surface area contributed by atoms with E-state index in [1.165, 1.54) is 57.8 Å². The molecule has 4 rings (SSSR count). The third kappa shape index (κ3) is 5.90. The average molecular weight is 557 g/mol. The van der Waals surface area contributed by atoms with E-state index in [1.54, 1.807) is 5.57 Å². The van der Waals surface area contributed by atoms with Crippen LogP contribution in [0.4, 0.5) is 0 Å². The lowest BCUT2D eigenvalue weighted by atomic mass is 9.47. The average Bonchev–Trinajstić information content (AvgIpc) is 3.20. The molecule has 0 N–H and O–H groups in total. The third-order valence-corrected chi connectivity index (χ3v) is 17.3. The van der Waals surface area contributed by atoms with Gasteiger partial charge >= 0.3 is 5.97 Å². The quantitative estimate of drug-likeness (QED) is 0.129. The Morgan fingerprint density at radius 3 is 2.51 bits per heavy atom. The van der Waals surface area contributed by atoms with Gasteiger partial charge in [0, 0.05) is 11.7 Å². The van der Waals surface area contributed by atoms with E-state index in [-0.39, 0.29) is 11.0 Å². The molecule has 0 heterocycles. The van der Waals surface area contributed by atoms with Crippen LogP contribution in [0, 0.1) is 40.4 Å². The lowest BCUT2D eigenvalue weighted by Crippen LogP contribution is -2.52. The van der Waals surface area contributed by atoms with E-state index in [1.807, 2.05) is 13.8 Å². The van der Waals surface area contributed by atoms with E-state index >= 15 is 0 Å². The van der Waals surface area contributed by atoms with Gasteiger partial charge in [-0.3, -0.25) is 0 Å². The first-order valence-corrected chi connectivity index (χ1v) is 19.3. The molecule has 3 saturated carbocycles.